The Morgan fingerprint density at radius 3 is 2.25 bits per heavy atom. The summed E-state index contributed by atoms with van der Waals surface area (Å²) in [6.07, 6.45) is 3.81. The fourth-order valence-corrected chi connectivity index (χ4v) is 2.51. The molecule has 2 heteroatoms. The number of allylic oxidation sites excluding steroid dienone is 1. The molecule has 0 spiro atoms. The number of aromatic nitrogens is 1. The molecule has 1 aromatic heterocycles. The van der Waals surface area contributed by atoms with Crippen LogP contribution in [0.25, 0.3) is 27.4 Å². The molecule has 0 aliphatic carbocycles. The molecule has 0 unspecified atom stereocenters. The van der Waals surface area contributed by atoms with E-state index in [1.807, 2.05) is 38.1 Å². The summed E-state index contributed by atoms with van der Waals surface area (Å²) in [5, 5.41) is 3.55. The molecular formula is C18H16N2. The number of pyridine rings is 1. The van der Waals surface area contributed by atoms with Crippen LogP contribution in [-0.4, -0.2) is 11.2 Å². The average molecular weight is 260 g/mol. The molecule has 2 nitrogen and oxygen atoms in total. The van der Waals surface area contributed by atoms with Gasteiger partial charge in [0.2, 0.25) is 0 Å². The zero-order chi connectivity index (χ0) is 13.9. The summed E-state index contributed by atoms with van der Waals surface area (Å²) in [6, 6.07) is 16.6. The van der Waals surface area contributed by atoms with Gasteiger partial charge in [-0.3, -0.25) is 4.99 Å². The van der Waals surface area contributed by atoms with Crippen LogP contribution in [0.3, 0.4) is 0 Å². The lowest BCUT2D eigenvalue weighted by Gasteiger charge is -2.09. The van der Waals surface area contributed by atoms with Crippen LogP contribution in [0, 0.1) is 0 Å². The Morgan fingerprint density at radius 2 is 1.55 bits per heavy atom. The maximum absolute atomic E-state index is 4.81. The van der Waals surface area contributed by atoms with Gasteiger partial charge in [0, 0.05) is 17.0 Å². The number of rotatable bonds is 2. The quantitative estimate of drug-likeness (QED) is 0.478. The maximum atomic E-state index is 4.81. The van der Waals surface area contributed by atoms with Gasteiger partial charge < -0.3 is 0 Å². The van der Waals surface area contributed by atoms with Crippen molar-refractivity contribution < 1.29 is 0 Å². The van der Waals surface area contributed by atoms with Gasteiger partial charge in [0.25, 0.3) is 0 Å². The number of fused-ring (bicyclic) bond motifs is 3. The fraction of sp³-hybridized carbons (Fsp3) is 0.111. The maximum Gasteiger partial charge on any atom is 0.0968 e. The van der Waals surface area contributed by atoms with Gasteiger partial charge in [-0.05, 0) is 25.3 Å². The number of nitrogens with zero attached hydrogens (tertiary/aromatic N) is 2. The Morgan fingerprint density at radius 1 is 0.900 bits per heavy atom. The molecule has 3 aromatic rings. The number of para-hydroxylation sites is 1. The SMILES string of the molecule is C/C=N\C(=C/C)c1nc2ccccc2c2ccccc12. The molecule has 0 bridgehead atoms. The highest BCUT2D eigenvalue weighted by Gasteiger charge is 2.10. The predicted octanol–water partition coefficient (Wildman–Crippen LogP) is 4.84. The molecule has 0 radical (unpaired) electrons. The normalized spacial score (nSPS) is 12.6. The Hall–Kier alpha value is -2.48. The van der Waals surface area contributed by atoms with E-state index in [9.17, 15) is 0 Å². The largest absolute Gasteiger partial charge is 0.260 e. The zero-order valence-electron chi connectivity index (χ0n) is 11.7. The average Bonchev–Trinajstić information content (AvgIpc) is 2.52. The van der Waals surface area contributed by atoms with E-state index < -0.39 is 0 Å². The molecule has 0 N–H and O–H groups in total. The van der Waals surface area contributed by atoms with Crippen LogP contribution in [0.1, 0.15) is 19.5 Å². The van der Waals surface area contributed by atoms with E-state index in [0.717, 1.165) is 22.3 Å². The van der Waals surface area contributed by atoms with Crippen LogP contribution in [0.15, 0.2) is 59.6 Å². The molecule has 0 aliphatic heterocycles. The van der Waals surface area contributed by atoms with E-state index in [4.69, 9.17) is 4.98 Å². The van der Waals surface area contributed by atoms with E-state index in [0.29, 0.717) is 0 Å². The number of aliphatic imine (C=N–C) groups is 1. The van der Waals surface area contributed by atoms with E-state index in [1.54, 1.807) is 6.21 Å². The minimum atomic E-state index is 0.912. The van der Waals surface area contributed by atoms with E-state index in [-0.39, 0.29) is 0 Å². The van der Waals surface area contributed by atoms with E-state index in [2.05, 4.69) is 35.3 Å². The van der Waals surface area contributed by atoms with Gasteiger partial charge in [0.05, 0.1) is 16.9 Å². The molecular weight excluding hydrogens is 244 g/mol. The lowest BCUT2D eigenvalue weighted by molar-refractivity contribution is 1.34. The first-order valence-electron chi connectivity index (χ1n) is 6.78. The van der Waals surface area contributed by atoms with Gasteiger partial charge in [0.1, 0.15) is 0 Å². The molecule has 1 heterocycles. The highest BCUT2D eigenvalue weighted by molar-refractivity contribution is 6.09. The summed E-state index contributed by atoms with van der Waals surface area (Å²) in [4.78, 5) is 9.25. The third-order valence-electron chi connectivity index (χ3n) is 3.39. The van der Waals surface area contributed by atoms with Crippen LogP contribution in [0.5, 0.6) is 0 Å². The third-order valence-corrected chi connectivity index (χ3v) is 3.39. The standard InChI is InChI=1S/C18H16N2/c1-3-16(19-4-2)18-15-11-6-5-9-13(15)14-10-7-8-12-17(14)20-18/h3-12H,1-2H3/b16-3-,19-4-. The minimum absolute atomic E-state index is 0.912. The summed E-state index contributed by atoms with van der Waals surface area (Å²) in [5.74, 6) is 0. The van der Waals surface area contributed by atoms with E-state index >= 15 is 0 Å². The summed E-state index contributed by atoms with van der Waals surface area (Å²) >= 11 is 0. The summed E-state index contributed by atoms with van der Waals surface area (Å²) < 4.78 is 0. The lowest BCUT2D eigenvalue weighted by Crippen LogP contribution is -1.92. The number of benzene rings is 2. The van der Waals surface area contributed by atoms with Gasteiger partial charge in [0.15, 0.2) is 0 Å². The first kappa shape index (κ1) is 12.5. The molecule has 0 atom stereocenters. The highest BCUT2D eigenvalue weighted by atomic mass is 14.8. The van der Waals surface area contributed by atoms with Gasteiger partial charge in [-0.25, -0.2) is 4.98 Å². The summed E-state index contributed by atoms with van der Waals surface area (Å²) in [6.45, 7) is 3.92. The van der Waals surface area contributed by atoms with Crippen molar-refractivity contribution in [1.82, 2.24) is 4.98 Å². The molecule has 0 amide bonds. The second kappa shape index (κ2) is 5.25. The molecule has 0 aliphatic rings. The number of hydrogen-bond acceptors (Lipinski definition) is 2. The minimum Gasteiger partial charge on any atom is -0.260 e. The molecule has 0 saturated carbocycles. The van der Waals surface area contributed by atoms with Crippen LogP contribution in [0.2, 0.25) is 0 Å². The van der Waals surface area contributed by atoms with Crippen LogP contribution >= 0.6 is 0 Å². The fourth-order valence-electron chi connectivity index (χ4n) is 2.51. The molecule has 0 fully saturated rings. The zero-order valence-corrected chi connectivity index (χ0v) is 11.7. The second-order valence-electron chi connectivity index (χ2n) is 4.58. The van der Waals surface area contributed by atoms with Crippen LogP contribution < -0.4 is 0 Å². The molecule has 2 aromatic carbocycles. The first-order valence-corrected chi connectivity index (χ1v) is 6.78. The Labute approximate surface area is 118 Å². The predicted molar refractivity (Wildman–Crippen MR) is 87.1 cm³/mol. The lowest BCUT2D eigenvalue weighted by atomic mass is 10.0. The topological polar surface area (TPSA) is 25.2 Å². The van der Waals surface area contributed by atoms with Crippen molar-refractivity contribution in [2.24, 2.45) is 4.99 Å². The van der Waals surface area contributed by atoms with Crippen LogP contribution in [0.4, 0.5) is 0 Å². The molecule has 98 valence electrons. The second-order valence-corrected chi connectivity index (χ2v) is 4.58. The Bertz CT molecular complexity index is 829. The van der Waals surface area contributed by atoms with Gasteiger partial charge >= 0.3 is 0 Å². The van der Waals surface area contributed by atoms with Crippen molar-refractivity contribution in [3.05, 3.63) is 60.3 Å². The Balaban J connectivity index is 2.46. The van der Waals surface area contributed by atoms with Gasteiger partial charge in [-0.1, -0.05) is 48.5 Å². The van der Waals surface area contributed by atoms with Gasteiger partial charge in [-0.15, -0.1) is 0 Å². The highest BCUT2D eigenvalue weighted by Crippen LogP contribution is 2.30. The van der Waals surface area contributed by atoms with Crippen molar-refractivity contribution in [3.63, 3.8) is 0 Å². The van der Waals surface area contributed by atoms with Gasteiger partial charge in [-0.2, -0.15) is 0 Å². The van der Waals surface area contributed by atoms with E-state index in [1.165, 1.54) is 10.8 Å². The molecule has 20 heavy (non-hydrogen) atoms. The molecule has 3 rings (SSSR count). The Kier molecular flexibility index (Phi) is 3.30. The summed E-state index contributed by atoms with van der Waals surface area (Å²) in [7, 11) is 0. The molecule has 0 saturated heterocycles. The van der Waals surface area contributed by atoms with Crippen molar-refractivity contribution in [2.45, 2.75) is 13.8 Å². The third kappa shape index (κ3) is 1.99. The van der Waals surface area contributed by atoms with Crippen molar-refractivity contribution in [2.75, 3.05) is 0 Å². The summed E-state index contributed by atoms with van der Waals surface area (Å²) in [5.41, 5.74) is 2.86. The monoisotopic (exact) mass is 260 g/mol. The van der Waals surface area contributed by atoms with Crippen molar-refractivity contribution >= 4 is 33.6 Å². The van der Waals surface area contributed by atoms with Crippen molar-refractivity contribution in [3.8, 4) is 0 Å². The van der Waals surface area contributed by atoms with Crippen molar-refractivity contribution in [1.29, 1.82) is 0 Å². The van der Waals surface area contributed by atoms with Crippen LogP contribution in [-0.2, 0) is 0 Å². The number of hydrogen-bond donors (Lipinski definition) is 0. The smallest absolute Gasteiger partial charge is 0.0968 e. The first-order chi connectivity index (χ1) is 9.85.